The third kappa shape index (κ3) is 7.10. The van der Waals surface area contributed by atoms with E-state index in [1.807, 2.05) is 64.1 Å². The van der Waals surface area contributed by atoms with Crippen molar-refractivity contribution in [2.45, 2.75) is 52.2 Å². The van der Waals surface area contributed by atoms with Crippen LogP contribution in [0.4, 0.5) is 10.6 Å². The van der Waals surface area contributed by atoms with E-state index in [0.717, 1.165) is 54.1 Å². The first kappa shape index (κ1) is 25.8. The van der Waals surface area contributed by atoms with Crippen LogP contribution in [-0.4, -0.2) is 40.8 Å². The van der Waals surface area contributed by atoms with Gasteiger partial charge >= 0.3 is 6.09 Å². The van der Waals surface area contributed by atoms with Crippen LogP contribution in [0.1, 0.15) is 44.7 Å². The lowest BCUT2D eigenvalue weighted by atomic mass is 10.1. The highest BCUT2D eigenvalue weighted by molar-refractivity contribution is 6.30. The van der Waals surface area contributed by atoms with Gasteiger partial charge in [0.1, 0.15) is 17.2 Å². The molecule has 189 valence electrons. The molecule has 1 aromatic carbocycles. The molecule has 36 heavy (non-hydrogen) atoms. The van der Waals surface area contributed by atoms with E-state index in [1.54, 1.807) is 12.3 Å². The molecular formula is C28H32ClN4O3. The number of aryl methyl sites for hydroxylation is 1. The van der Waals surface area contributed by atoms with Gasteiger partial charge in [0.25, 0.3) is 0 Å². The van der Waals surface area contributed by atoms with E-state index in [4.69, 9.17) is 21.1 Å². The maximum Gasteiger partial charge on any atom is 0.407 e. The third-order valence-corrected chi connectivity index (χ3v) is 5.90. The third-order valence-electron chi connectivity index (χ3n) is 5.68. The minimum atomic E-state index is -0.501. The maximum atomic E-state index is 12.0. The van der Waals surface area contributed by atoms with E-state index in [-0.39, 0.29) is 12.1 Å². The number of piperidine rings is 1. The Morgan fingerprint density at radius 3 is 2.53 bits per heavy atom. The SMILES string of the molecule is [CH2]c1cc(Oc2ccc(N3CCC(NC(=O)OC(C)(C)C)CC3)nc2)nc(-c2cc(C)cc(Cl)c2)c1. The smallest absolute Gasteiger partial charge is 0.407 e. The number of carbonyl (C=O) groups is 1. The molecule has 4 rings (SSSR count). The summed E-state index contributed by atoms with van der Waals surface area (Å²) in [4.78, 5) is 23.5. The zero-order valence-corrected chi connectivity index (χ0v) is 21.9. The highest BCUT2D eigenvalue weighted by Gasteiger charge is 2.24. The van der Waals surface area contributed by atoms with Gasteiger partial charge in [0.15, 0.2) is 0 Å². The van der Waals surface area contributed by atoms with Gasteiger partial charge in [0.2, 0.25) is 5.88 Å². The van der Waals surface area contributed by atoms with Gasteiger partial charge in [-0.1, -0.05) is 11.6 Å². The zero-order valence-electron chi connectivity index (χ0n) is 21.2. The minimum absolute atomic E-state index is 0.0946. The molecule has 1 radical (unpaired) electrons. The van der Waals surface area contributed by atoms with Crippen molar-refractivity contribution in [3.05, 3.63) is 71.7 Å². The lowest BCUT2D eigenvalue weighted by Crippen LogP contribution is -2.46. The number of hydrogen-bond donors (Lipinski definition) is 1. The minimum Gasteiger partial charge on any atom is -0.444 e. The van der Waals surface area contributed by atoms with Crippen LogP contribution in [0.2, 0.25) is 5.02 Å². The number of anilines is 1. The average molecular weight is 508 g/mol. The van der Waals surface area contributed by atoms with E-state index in [2.05, 4.69) is 27.1 Å². The molecule has 1 amide bonds. The second-order valence-corrected chi connectivity index (χ2v) is 10.5. The van der Waals surface area contributed by atoms with Crippen LogP contribution in [-0.2, 0) is 4.74 Å². The van der Waals surface area contributed by atoms with E-state index in [1.165, 1.54) is 0 Å². The normalized spacial score (nSPS) is 14.4. The number of aromatic nitrogens is 2. The highest BCUT2D eigenvalue weighted by atomic mass is 35.5. The first-order chi connectivity index (χ1) is 17.0. The summed E-state index contributed by atoms with van der Waals surface area (Å²) in [5.41, 5.74) is 3.00. The van der Waals surface area contributed by atoms with Gasteiger partial charge in [-0.25, -0.2) is 14.8 Å². The van der Waals surface area contributed by atoms with Crippen LogP contribution in [0.5, 0.6) is 11.6 Å². The molecular weight excluding hydrogens is 476 g/mol. The van der Waals surface area contributed by atoms with Gasteiger partial charge in [-0.3, -0.25) is 0 Å². The van der Waals surface area contributed by atoms with E-state index in [0.29, 0.717) is 16.7 Å². The Bertz CT molecular complexity index is 1200. The number of alkyl carbamates (subject to hydrolysis) is 1. The summed E-state index contributed by atoms with van der Waals surface area (Å²) >= 11 is 6.23. The predicted molar refractivity (Wildman–Crippen MR) is 143 cm³/mol. The number of amides is 1. The average Bonchev–Trinajstić information content (AvgIpc) is 2.78. The Labute approximate surface area is 217 Å². The Morgan fingerprint density at radius 2 is 1.89 bits per heavy atom. The number of benzene rings is 1. The molecule has 1 aliphatic heterocycles. The summed E-state index contributed by atoms with van der Waals surface area (Å²) in [6, 6.07) is 13.4. The van der Waals surface area contributed by atoms with Crippen molar-refractivity contribution >= 4 is 23.5 Å². The van der Waals surface area contributed by atoms with Gasteiger partial charge in [-0.15, -0.1) is 0 Å². The molecule has 1 aliphatic rings. The first-order valence-corrected chi connectivity index (χ1v) is 12.4. The molecule has 0 atom stereocenters. The molecule has 0 aliphatic carbocycles. The van der Waals surface area contributed by atoms with Crippen LogP contribution in [0.3, 0.4) is 0 Å². The number of nitrogens with zero attached hydrogens (tertiary/aromatic N) is 3. The second-order valence-electron chi connectivity index (χ2n) is 10.1. The fraction of sp³-hybridized carbons (Fsp3) is 0.357. The number of nitrogens with one attached hydrogen (secondary N) is 1. The van der Waals surface area contributed by atoms with Crippen molar-refractivity contribution in [1.29, 1.82) is 0 Å². The van der Waals surface area contributed by atoms with E-state index < -0.39 is 5.60 Å². The summed E-state index contributed by atoms with van der Waals surface area (Å²) in [6.45, 7) is 13.2. The Kier molecular flexibility index (Phi) is 7.69. The molecule has 1 saturated heterocycles. The van der Waals surface area contributed by atoms with Crippen LogP contribution in [0, 0.1) is 13.8 Å². The molecule has 0 spiro atoms. The predicted octanol–water partition coefficient (Wildman–Crippen LogP) is 6.57. The molecule has 0 bridgehead atoms. The number of ether oxygens (including phenoxy) is 2. The summed E-state index contributed by atoms with van der Waals surface area (Å²) < 4.78 is 11.4. The molecule has 3 heterocycles. The van der Waals surface area contributed by atoms with Crippen LogP contribution in [0.25, 0.3) is 11.3 Å². The summed E-state index contributed by atoms with van der Waals surface area (Å²) in [6.07, 6.45) is 2.98. The maximum absolute atomic E-state index is 12.0. The standard InChI is InChI=1S/C28H32ClN4O3/c1-18-12-20(16-21(29)13-18)24-14-19(2)15-26(32-24)35-23-6-7-25(30-17-23)33-10-8-22(9-11-33)31-27(34)36-28(3,4)5/h6-7,12-17,22H,2,8-11H2,1,3-5H3,(H,31,34). The lowest BCUT2D eigenvalue weighted by Gasteiger charge is -2.33. The molecule has 8 heteroatoms. The van der Waals surface area contributed by atoms with Gasteiger partial charge in [0, 0.05) is 35.8 Å². The quantitative estimate of drug-likeness (QED) is 0.420. The lowest BCUT2D eigenvalue weighted by molar-refractivity contribution is 0.0497. The number of rotatable bonds is 5. The Balaban J connectivity index is 1.36. The van der Waals surface area contributed by atoms with Gasteiger partial charge in [-0.05, 0) is 95.0 Å². The fourth-order valence-corrected chi connectivity index (χ4v) is 4.40. The molecule has 1 fully saturated rings. The van der Waals surface area contributed by atoms with Gasteiger partial charge in [-0.2, -0.15) is 0 Å². The Hall–Kier alpha value is -3.32. The molecule has 7 nitrogen and oxygen atoms in total. The largest absolute Gasteiger partial charge is 0.444 e. The van der Waals surface area contributed by atoms with Crippen molar-refractivity contribution in [1.82, 2.24) is 15.3 Å². The van der Waals surface area contributed by atoms with Crippen molar-refractivity contribution in [3.63, 3.8) is 0 Å². The van der Waals surface area contributed by atoms with Gasteiger partial charge < -0.3 is 19.7 Å². The number of pyridine rings is 2. The van der Waals surface area contributed by atoms with Crippen molar-refractivity contribution in [2.24, 2.45) is 0 Å². The molecule has 0 unspecified atom stereocenters. The van der Waals surface area contributed by atoms with Crippen LogP contribution in [0.15, 0.2) is 48.7 Å². The fourth-order valence-electron chi connectivity index (χ4n) is 4.11. The van der Waals surface area contributed by atoms with Gasteiger partial charge in [0.05, 0.1) is 11.9 Å². The molecule has 1 N–H and O–H groups in total. The monoisotopic (exact) mass is 507 g/mol. The molecule has 2 aromatic heterocycles. The molecule has 0 saturated carbocycles. The number of halogens is 1. The van der Waals surface area contributed by atoms with Crippen molar-refractivity contribution < 1.29 is 14.3 Å². The second kappa shape index (κ2) is 10.7. The first-order valence-electron chi connectivity index (χ1n) is 12.0. The Morgan fingerprint density at radius 1 is 1.14 bits per heavy atom. The summed E-state index contributed by atoms with van der Waals surface area (Å²) in [5, 5.41) is 3.62. The van der Waals surface area contributed by atoms with E-state index in [9.17, 15) is 4.79 Å². The summed E-state index contributed by atoms with van der Waals surface area (Å²) in [5.74, 6) is 1.90. The zero-order chi connectivity index (χ0) is 25.9. The summed E-state index contributed by atoms with van der Waals surface area (Å²) in [7, 11) is 0. The van der Waals surface area contributed by atoms with Crippen LogP contribution >= 0.6 is 11.6 Å². The van der Waals surface area contributed by atoms with Crippen molar-refractivity contribution in [3.8, 4) is 22.9 Å². The van der Waals surface area contributed by atoms with Crippen molar-refractivity contribution in [2.75, 3.05) is 18.0 Å². The van der Waals surface area contributed by atoms with Crippen LogP contribution < -0.4 is 15.0 Å². The topological polar surface area (TPSA) is 76.6 Å². The number of carbonyl (C=O) groups excluding carboxylic acids is 1. The van der Waals surface area contributed by atoms with E-state index >= 15 is 0 Å². The number of hydrogen-bond acceptors (Lipinski definition) is 6. The molecule has 3 aromatic rings. The highest BCUT2D eigenvalue weighted by Crippen LogP contribution is 2.29.